The Morgan fingerprint density at radius 1 is 1.42 bits per heavy atom. The molecule has 4 nitrogen and oxygen atoms in total. The number of hydrogen-bond acceptors (Lipinski definition) is 3. The van der Waals surface area contributed by atoms with Gasteiger partial charge in [0.1, 0.15) is 0 Å². The SMILES string of the molecule is CC1CN(C(=O)c2ccc(Cl)c(Cl)c2)CC(CO)O1. The third-order valence-corrected chi connectivity index (χ3v) is 3.72. The fraction of sp³-hybridized carbons (Fsp3) is 0.462. The molecule has 2 unspecified atom stereocenters. The van der Waals surface area contributed by atoms with Gasteiger partial charge in [-0.05, 0) is 25.1 Å². The van der Waals surface area contributed by atoms with Crippen molar-refractivity contribution in [2.45, 2.75) is 19.1 Å². The topological polar surface area (TPSA) is 49.8 Å². The van der Waals surface area contributed by atoms with Crippen LogP contribution in [0.1, 0.15) is 17.3 Å². The van der Waals surface area contributed by atoms with Gasteiger partial charge >= 0.3 is 0 Å². The Hall–Kier alpha value is -0.810. The van der Waals surface area contributed by atoms with Crippen LogP contribution in [-0.2, 0) is 4.74 Å². The molecule has 1 N–H and O–H groups in total. The maximum atomic E-state index is 12.4. The van der Waals surface area contributed by atoms with Crippen LogP contribution in [0.5, 0.6) is 0 Å². The molecule has 1 aliphatic heterocycles. The third kappa shape index (κ3) is 3.39. The summed E-state index contributed by atoms with van der Waals surface area (Å²) in [7, 11) is 0. The van der Waals surface area contributed by atoms with E-state index in [1.54, 1.807) is 23.1 Å². The van der Waals surface area contributed by atoms with Gasteiger partial charge in [0.15, 0.2) is 0 Å². The predicted octanol–water partition coefficient (Wildman–Crippen LogP) is 2.22. The first-order chi connectivity index (χ1) is 9.01. The second-order valence-corrected chi connectivity index (χ2v) is 5.40. The number of amides is 1. The first kappa shape index (κ1) is 14.6. The Labute approximate surface area is 121 Å². The van der Waals surface area contributed by atoms with Crippen LogP contribution < -0.4 is 0 Å². The van der Waals surface area contributed by atoms with Crippen LogP contribution in [0.15, 0.2) is 18.2 Å². The molecule has 0 aliphatic carbocycles. The monoisotopic (exact) mass is 303 g/mol. The van der Waals surface area contributed by atoms with E-state index in [0.29, 0.717) is 28.7 Å². The van der Waals surface area contributed by atoms with Gasteiger partial charge in [0, 0.05) is 18.7 Å². The minimum Gasteiger partial charge on any atom is -0.394 e. The van der Waals surface area contributed by atoms with Crippen molar-refractivity contribution in [2.24, 2.45) is 0 Å². The van der Waals surface area contributed by atoms with Gasteiger partial charge in [-0.15, -0.1) is 0 Å². The molecule has 6 heteroatoms. The number of nitrogens with zero attached hydrogens (tertiary/aromatic N) is 1. The van der Waals surface area contributed by atoms with Crippen LogP contribution in [0.4, 0.5) is 0 Å². The van der Waals surface area contributed by atoms with Crippen LogP contribution in [0.3, 0.4) is 0 Å². The lowest BCUT2D eigenvalue weighted by molar-refractivity contribution is -0.0858. The number of aliphatic hydroxyl groups is 1. The van der Waals surface area contributed by atoms with Crippen molar-refractivity contribution in [3.8, 4) is 0 Å². The number of hydrogen-bond donors (Lipinski definition) is 1. The van der Waals surface area contributed by atoms with E-state index in [2.05, 4.69) is 0 Å². The molecule has 104 valence electrons. The van der Waals surface area contributed by atoms with E-state index in [1.165, 1.54) is 0 Å². The summed E-state index contributed by atoms with van der Waals surface area (Å²) in [5.74, 6) is -0.132. The van der Waals surface area contributed by atoms with E-state index >= 15 is 0 Å². The second kappa shape index (κ2) is 6.09. The number of carbonyl (C=O) groups excluding carboxylic acids is 1. The highest BCUT2D eigenvalue weighted by Gasteiger charge is 2.28. The van der Waals surface area contributed by atoms with Gasteiger partial charge in [0.05, 0.1) is 28.9 Å². The predicted molar refractivity (Wildman–Crippen MR) is 73.8 cm³/mol. The first-order valence-corrected chi connectivity index (χ1v) is 6.77. The number of rotatable bonds is 2. The molecule has 0 aromatic heterocycles. The highest BCUT2D eigenvalue weighted by molar-refractivity contribution is 6.42. The quantitative estimate of drug-likeness (QED) is 0.911. The largest absolute Gasteiger partial charge is 0.394 e. The minimum absolute atomic E-state index is 0.0994. The van der Waals surface area contributed by atoms with Gasteiger partial charge in [0.2, 0.25) is 0 Å². The summed E-state index contributed by atoms with van der Waals surface area (Å²) in [5, 5.41) is 9.93. The van der Waals surface area contributed by atoms with E-state index in [-0.39, 0.29) is 24.7 Å². The number of morpholine rings is 1. The Kier molecular flexibility index (Phi) is 4.68. The summed E-state index contributed by atoms with van der Waals surface area (Å²) in [5.41, 5.74) is 0.486. The highest BCUT2D eigenvalue weighted by atomic mass is 35.5. The summed E-state index contributed by atoms with van der Waals surface area (Å²) in [4.78, 5) is 14.0. The summed E-state index contributed by atoms with van der Waals surface area (Å²) in [6.45, 7) is 2.64. The average Bonchev–Trinajstić information content (AvgIpc) is 2.40. The summed E-state index contributed by atoms with van der Waals surface area (Å²) in [6, 6.07) is 4.80. The van der Waals surface area contributed by atoms with E-state index in [4.69, 9.17) is 33.0 Å². The van der Waals surface area contributed by atoms with Crippen molar-refractivity contribution >= 4 is 29.1 Å². The molecular weight excluding hydrogens is 289 g/mol. The van der Waals surface area contributed by atoms with Crippen LogP contribution in [-0.4, -0.2) is 47.8 Å². The fourth-order valence-electron chi connectivity index (χ4n) is 2.12. The molecule has 0 bridgehead atoms. The standard InChI is InChI=1S/C13H15Cl2NO3/c1-8-5-16(6-10(7-17)19-8)13(18)9-2-3-11(14)12(15)4-9/h2-4,8,10,17H,5-7H2,1H3. The van der Waals surface area contributed by atoms with Crippen LogP contribution in [0.25, 0.3) is 0 Å². The molecule has 1 aliphatic rings. The Bertz CT molecular complexity index is 481. The van der Waals surface area contributed by atoms with E-state index in [0.717, 1.165) is 0 Å². The molecule has 1 heterocycles. The lowest BCUT2D eigenvalue weighted by atomic mass is 10.1. The van der Waals surface area contributed by atoms with Crippen LogP contribution >= 0.6 is 23.2 Å². The first-order valence-electron chi connectivity index (χ1n) is 6.02. The lowest BCUT2D eigenvalue weighted by Crippen LogP contribution is -2.50. The highest BCUT2D eigenvalue weighted by Crippen LogP contribution is 2.24. The number of halogens is 2. The fourth-order valence-corrected chi connectivity index (χ4v) is 2.42. The molecule has 0 radical (unpaired) electrons. The van der Waals surface area contributed by atoms with Crippen molar-refractivity contribution in [3.63, 3.8) is 0 Å². The number of benzene rings is 1. The average molecular weight is 304 g/mol. The molecular formula is C13H15Cl2NO3. The molecule has 1 fully saturated rings. The van der Waals surface area contributed by atoms with Crippen molar-refractivity contribution in [1.82, 2.24) is 4.90 Å². The van der Waals surface area contributed by atoms with Gasteiger partial charge < -0.3 is 14.7 Å². The van der Waals surface area contributed by atoms with Crippen molar-refractivity contribution in [3.05, 3.63) is 33.8 Å². The zero-order valence-electron chi connectivity index (χ0n) is 10.5. The van der Waals surface area contributed by atoms with E-state index in [9.17, 15) is 4.79 Å². The number of aliphatic hydroxyl groups excluding tert-OH is 1. The number of carbonyl (C=O) groups is 1. The molecule has 1 amide bonds. The van der Waals surface area contributed by atoms with Crippen molar-refractivity contribution < 1.29 is 14.6 Å². The molecule has 1 aromatic carbocycles. The van der Waals surface area contributed by atoms with Crippen molar-refractivity contribution in [1.29, 1.82) is 0 Å². The maximum Gasteiger partial charge on any atom is 0.254 e. The molecule has 0 saturated carbocycles. The molecule has 1 saturated heterocycles. The van der Waals surface area contributed by atoms with E-state index < -0.39 is 0 Å². The minimum atomic E-state index is -0.338. The third-order valence-electron chi connectivity index (χ3n) is 2.98. The second-order valence-electron chi connectivity index (χ2n) is 4.59. The normalized spacial score (nSPS) is 23.5. The Balaban J connectivity index is 2.16. The van der Waals surface area contributed by atoms with Gasteiger partial charge in [-0.3, -0.25) is 4.79 Å². The van der Waals surface area contributed by atoms with Gasteiger partial charge in [-0.2, -0.15) is 0 Å². The smallest absolute Gasteiger partial charge is 0.254 e. The van der Waals surface area contributed by atoms with E-state index in [1.807, 2.05) is 6.92 Å². The Morgan fingerprint density at radius 3 is 2.79 bits per heavy atom. The Morgan fingerprint density at radius 2 is 2.16 bits per heavy atom. The molecule has 19 heavy (non-hydrogen) atoms. The van der Waals surface area contributed by atoms with Gasteiger partial charge in [-0.1, -0.05) is 23.2 Å². The van der Waals surface area contributed by atoms with Crippen LogP contribution in [0.2, 0.25) is 10.0 Å². The molecule has 0 spiro atoms. The summed E-state index contributed by atoms with van der Waals surface area (Å²) >= 11 is 11.7. The van der Waals surface area contributed by atoms with Gasteiger partial charge in [0.25, 0.3) is 5.91 Å². The summed E-state index contributed by atoms with van der Waals surface area (Å²) < 4.78 is 5.50. The molecule has 2 rings (SSSR count). The molecule has 1 aromatic rings. The lowest BCUT2D eigenvalue weighted by Gasteiger charge is -2.36. The maximum absolute atomic E-state index is 12.4. The molecule has 2 atom stereocenters. The van der Waals surface area contributed by atoms with Crippen molar-refractivity contribution in [2.75, 3.05) is 19.7 Å². The summed E-state index contributed by atoms with van der Waals surface area (Å²) in [6.07, 6.45) is -0.437. The number of ether oxygens (including phenoxy) is 1. The zero-order valence-corrected chi connectivity index (χ0v) is 12.0. The van der Waals surface area contributed by atoms with Gasteiger partial charge in [-0.25, -0.2) is 0 Å². The van der Waals surface area contributed by atoms with Crippen LogP contribution in [0, 0.1) is 0 Å². The zero-order chi connectivity index (χ0) is 14.0.